The molecule has 0 bridgehead atoms. The van der Waals surface area contributed by atoms with Gasteiger partial charge in [-0.2, -0.15) is 4.99 Å². The number of carbonyl (C=O) groups is 1. The highest BCUT2D eigenvalue weighted by atomic mass is 32.1. The van der Waals surface area contributed by atoms with Gasteiger partial charge in [-0.1, -0.05) is 60.7 Å². The van der Waals surface area contributed by atoms with Gasteiger partial charge in [0.15, 0.2) is 10.6 Å². The molecule has 0 unspecified atom stereocenters. The SMILES string of the molecule is O=C(N=c1scc(-c2ccccc2)n1-c1ccccc1)c1ccc(-c2cccc([N+](=O)[O-])c2)o1. The predicted molar refractivity (Wildman–Crippen MR) is 130 cm³/mol. The average Bonchev–Trinajstić information content (AvgIpc) is 3.53. The van der Waals surface area contributed by atoms with E-state index in [2.05, 4.69) is 4.99 Å². The number of nitro groups is 1. The van der Waals surface area contributed by atoms with Crippen molar-refractivity contribution in [3.63, 3.8) is 0 Å². The standard InChI is InChI=1S/C26H17N3O4S/c30-25(24-15-14-23(33-24)19-10-7-13-21(16-19)29(31)32)27-26-28(20-11-5-2-6-12-20)22(17-34-26)18-8-3-1-4-9-18/h1-17H. The molecule has 0 fully saturated rings. The maximum absolute atomic E-state index is 13.0. The van der Waals surface area contributed by atoms with Gasteiger partial charge < -0.3 is 4.42 Å². The van der Waals surface area contributed by atoms with Crippen LogP contribution in [0.4, 0.5) is 5.69 Å². The minimum atomic E-state index is -0.539. The fourth-order valence-corrected chi connectivity index (χ4v) is 4.45. The summed E-state index contributed by atoms with van der Waals surface area (Å²) in [7, 11) is 0. The van der Waals surface area contributed by atoms with E-state index in [9.17, 15) is 14.9 Å². The molecule has 0 aliphatic heterocycles. The van der Waals surface area contributed by atoms with E-state index >= 15 is 0 Å². The number of amides is 1. The molecule has 2 heterocycles. The van der Waals surface area contributed by atoms with Gasteiger partial charge in [-0.15, -0.1) is 11.3 Å². The molecule has 2 aromatic heterocycles. The van der Waals surface area contributed by atoms with Crippen LogP contribution in [0.15, 0.2) is 112 Å². The normalized spacial score (nSPS) is 11.5. The number of carbonyl (C=O) groups excluding carboxylic acids is 1. The van der Waals surface area contributed by atoms with E-state index in [0.29, 0.717) is 16.1 Å². The second kappa shape index (κ2) is 9.13. The van der Waals surface area contributed by atoms with E-state index in [4.69, 9.17) is 4.42 Å². The van der Waals surface area contributed by atoms with Crippen LogP contribution >= 0.6 is 11.3 Å². The van der Waals surface area contributed by atoms with Crippen LogP contribution in [0.2, 0.25) is 0 Å². The summed E-state index contributed by atoms with van der Waals surface area (Å²) in [6, 6.07) is 28.8. The second-order valence-corrected chi connectivity index (χ2v) is 8.17. The van der Waals surface area contributed by atoms with Crippen LogP contribution in [0.3, 0.4) is 0 Å². The molecule has 0 N–H and O–H groups in total. The smallest absolute Gasteiger partial charge is 0.315 e. The van der Waals surface area contributed by atoms with Gasteiger partial charge in [0.1, 0.15) is 5.76 Å². The molecule has 8 heteroatoms. The first kappa shape index (κ1) is 21.3. The summed E-state index contributed by atoms with van der Waals surface area (Å²) >= 11 is 1.36. The zero-order valence-corrected chi connectivity index (χ0v) is 18.5. The van der Waals surface area contributed by atoms with Crippen LogP contribution in [0, 0.1) is 10.1 Å². The molecular weight excluding hydrogens is 450 g/mol. The zero-order chi connectivity index (χ0) is 23.5. The summed E-state index contributed by atoms with van der Waals surface area (Å²) in [6.07, 6.45) is 0. The van der Waals surface area contributed by atoms with E-state index in [1.54, 1.807) is 18.2 Å². The Labute approximate surface area is 198 Å². The van der Waals surface area contributed by atoms with Gasteiger partial charge in [0.2, 0.25) is 0 Å². The van der Waals surface area contributed by atoms with Gasteiger partial charge in [-0.3, -0.25) is 19.5 Å². The third-order valence-corrected chi connectivity index (χ3v) is 5.97. The quantitative estimate of drug-likeness (QED) is 0.230. The van der Waals surface area contributed by atoms with Gasteiger partial charge in [0.25, 0.3) is 5.69 Å². The molecule has 0 saturated heterocycles. The molecule has 0 saturated carbocycles. The number of thiazole rings is 1. The largest absolute Gasteiger partial charge is 0.451 e. The first-order chi connectivity index (χ1) is 16.6. The summed E-state index contributed by atoms with van der Waals surface area (Å²) in [4.78, 5) is 28.4. The minimum Gasteiger partial charge on any atom is -0.451 e. The van der Waals surface area contributed by atoms with Gasteiger partial charge in [-0.25, -0.2) is 0 Å². The minimum absolute atomic E-state index is 0.0516. The Hall–Kier alpha value is -4.56. The molecule has 7 nitrogen and oxygen atoms in total. The summed E-state index contributed by atoms with van der Waals surface area (Å²) in [5, 5.41) is 13.0. The average molecular weight is 468 g/mol. The van der Waals surface area contributed by atoms with Crippen LogP contribution in [-0.2, 0) is 0 Å². The van der Waals surface area contributed by atoms with Crippen LogP contribution < -0.4 is 4.80 Å². The summed E-state index contributed by atoms with van der Waals surface area (Å²) in [5.41, 5.74) is 3.26. The molecule has 34 heavy (non-hydrogen) atoms. The van der Waals surface area contributed by atoms with Crippen LogP contribution in [0.5, 0.6) is 0 Å². The lowest BCUT2D eigenvalue weighted by Gasteiger charge is -2.09. The molecule has 5 aromatic rings. The van der Waals surface area contributed by atoms with Crippen molar-refractivity contribution in [2.24, 2.45) is 4.99 Å². The zero-order valence-electron chi connectivity index (χ0n) is 17.7. The fourth-order valence-electron chi connectivity index (χ4n) is 3.55. The van der Waals surface area contributed by atoms with Crippen molar-refractivity contribution in [1.29, 1.82) is 0 Å². The lowest BCUT2D eigenvalue weighted by Crippen LogP contribution is -2.16. The number of nitrogens with zero attached hydrogens (tertiary/aromatic N) is 3. The van der Waals surface area contributed by atoms with Crippen molar-refractivity contribution in [3.8, 4) is 28.3 Å². The molecule has 0 aliphatic rings. The highest BCUT2D eigenvalue weighted by Crippen LogP contribution is 2.26. The van der Waals surface area contributed by atoms with Crippen molar-refractivity contribution in [3.05, 3.63) is 123 Å². The summed E-state index contributed by atoms with van der Waals surface area (Å²) in [5.74, 6) is -0.132. The van der Waals surface area contributed by atoms with Gasteiger partial charge >= 0.3 is 5.91 Å². The Balaban J connectivity index is 1.55. The number of para-hydroxylation sites is 1. The lowest BCUT2D eigenvalue weighted by molar-refractivity contribution is -0.384. The number of non-ortho nitro benzene ring substituents is 1. The molecule has 0 radical (unpaired) electrons. The van der Waals surface area contributed by atoms with E-state index in [1.807, 2.05) is 70.6 Å². The molecular formula is C26H17N3O4S. The Morgan fingerprint density at radius 1 is 0.882 bits per heavy atom. The Morgan fingerprint density at radius 3 is 2.32 bits per heavy atom. The number of rotatable bonds is 5. The van der Waals surface area contributed by atoms with Crippen LogP contribution in [0.25, 0.3) is 28.3 Å². The third kappa shape index (κ3) is 4.22. The van der Waals surface area contributed by atoms with E-state index < -0.39 is 10.8 Å². The van der Waals surface area contributed by atoms with Gasteiger partial charge in [-0.05, 0) is 29.8 Å². The third-order valence-electron chi connectivity index (χ3n) is 5.15. The lowest BCUT2D eigenvalue weighted by atomic mass is 10.1. The number of furan rings is 1. The molecule has 0 aliphatic carbocycles. The maximum atomic E-state index is 13.0. The first-order valence-corrected chi connectivity index (χ1v) is 11.2. The van der Waals surface area contributed by atoms with E-state index in [-0.39, 0.29) is 11.4 Å². The summed E-state index contributed by atoms with van der Waals surface area (Å²) < 4.78 is 7.64. The van der Waals surface area contributed by atoms with E-state index in [1.165, 1.54) is 29.5 Å². The van der Waals surface area contributed by atoms with Gasteiger partial charge in [0.05, 0.1) is 10.6 Å². The number of hydrogen-bond donors (Lipinski definition) is 0. The predicted octanol–water partition coefficient (Wildman–Crippen LogP) is 6.12. The fraction of sp³-hybridized carbons (Fsp3) is 0. The highest BCUT2D eigenvalue weighted by Gasteiger charge is 2.16. The van der Waals surface area contributed by atoms with Crippen molar-refractivity contribution < 1.29 is 14.1 Å². The molecule has 5 rings (SSSR count). The molecule has 1 amide bonds. The maximum Gasteiger partial charge on any atom is 0.315 e. The number of hydrogen-bond acceptors (Lipinski definition) is 5. The number of aromatic nitrogens is 1. The highest BCUT2D eigenvalue weighted by molar-refractivity contribution is 7.07. The Morgan fingerprint density at radius 2 is 1.59 bits per heavy atom. The Bertz CT molecular complexity index is 1550. The van der Waals surface area contributed by atoms with Crippen molar-refractivity contribution in [2.75, 3.05) is 0 Å². The Kier molecular flexibility index (Phi) is 5.72. The summed E-state index contributed by atoms with van der Waals surface area (Å²) in [6.45, 7) is 0. The van der Waals surface area contributed by atoms with Crippen LogP contribution in [0.1, 0.15) is 10.6 Å². The second-order valence-electron chi connectivity index (χ2n) is 7.33. The topological polar surface area (TPSA) is 90.6 Å². The van der Waals surface area contributed by atoms with E-state index in [0.717, 1.165) is 16.9 Å². The first-order valence-electron chi connectivity index (χ1n) is 10.4. The van der Waals surface area contributed by atoms with Crippen LogP contribution in [-0.4, -0.2) is 15.4 Å². The molecule has 0 spiro atoms. The van der Waals surface area contributed by atoms with Gasteiger partial charge in [0, 0.05) is 28.8 Å². The molecule has 0 atom stereocenters. The molecule has 3 aromatic carbocycles. The molecule has 166 valence electrons. The number of benzene rings is 3. The van der Waals surface area contributed by atoms with Crippen molar-refractivity contribution >= 4 is 22.9 Å². The van der Waals surface area contributed by atoms with Crippen molar-refractivity contribution in [2.45, 2.75) is 0 Å². The number of nitro benzene ring substituents is 1. The van der Waals surface area contributed by atoms with Crippen molar-refractivity contribution in [1.82, 2.24) is 4.57 Å². The monoisotopic (exact) mass is 467 g/mol.